The molecule has 0 unspecified atom stereocenters. The van der Waals surface area contributed by atoms with Crippen LogP contribution in [0.2, 0.25) is 0 Å². The number of fused-ring (bicyclic) bond motifs is 1. The van der Waals surface area contributed by atoms with Crippen molar-refractivity contribution in [3.63, 3.8) is 0 Å². The quantitative estimate of drug-likeness (QED) is 0.529. The van der Waals surface area contributed by atoms with Crippen molar-refractivity contribution in [2.45, 2.75) is 32.7 Å². The van der Waals surface area contributed by atoms with Gasteiger partial charge in [-0.2, -0.15) is 0 Å². The molecule has 1 fully saturated rings. The number of likely N-dealkylation sites (tertiary alicyclic amines) is 1. The molecule has 0 radical (unpaired) electrons. The minimum absolute atomic E-state index is 0.169. The summed E-state index contributed by atoms with van der Waals surface area (Å²) in [4.78, 5) is 28.7. The number of carbonyl (C=O) groups excluding carboxylic acids is 2. The van der Waals surface area contributed by atoms with E-state index in [4.69, 9.17) is 4.74 Å². The number of nitrogens with zero attached hydrogens (tertiary/aromatic N) is 3. The summed E-state index contributed by atoms with van der Waals surface area (Å²) in [7, 11) is 2.02. The first-order valence-electron chi connectivity index (χ1n) is 9.77. The SMILES string of the molecule is CCOC(=O)CC(=O)N(CCN1CCCC1)Cc1cc2ccccc2n1C. The van der Waals surface area contributed by atoms with Gasteiger partial charge >= 0.3 is 5.97 Å². The lowest BCUT2D eigenvalue weighted by atomic mass is 10.2. The van der Waals surface area contributed by atoms with E-state index in [1.165, 1.54) is 12.8 Å². The van der Waals surface area contributed by atoms with Crippen molar-refractivity contribution in [3.8, 4) is 0 Å². The van der Waals surface area contributed by atoms with Gasteiger partial charge in [-0.15, -0.1) is 0 Å². The number of ether oxygens (including phenoxy) is 1. The van der Waals surface area contributed by atoms with Gasteiger partial charge in [0.05, 0.1) is 13.2 Å². The number of benzene rings is 1. The van der Waals surface area contributed by atoms with E-state index in [-0.39, 0.29) is 12.3 Å². The maximum Gasteiger partial charge on any atom is 0.315 e. The minimum Gasteiger partial charge on any atom is -0.466 e. The molecule has 146 valence electrons. The van der Waals surface area contributed by atoms with Crippen LogP contribution in [0, 0.1) is 0 Å². The molecule has 1 aromatic carbocycles. The predicted octanol–water partition coefficient (Wildman–Crippen LogP) is 2.56. The van der Waals surface area contributed by atoms with Gasteiger partial charge in [0.15, 0.2) is 0 Å². The van der Waals surface area contributed by atoms with Crippen LogP contribution in [-0.2, 0) is 27.9 Å². The van der Waals surface area contributed by atoms with Crippen LogP contribution in [0.15, 0.2) is 30.3 Å². The molecule has 1 saturated heterocycles. The Kier molecular flexibility index (Phi) is 6.50. The van der Waals surface area contributed by atoms with Gasteiger partial charge in [0, 0.05) is 31.3 Å². The van der Waals surface area contributed by atoms with Crippen LogP contribution in [-0.4, -0.2) is 59.0 Å². The highest BCUT2D eigenvalue weighted by Gasteiger charge is 2.21. The molecule has 0 saturated carbocycles. The second-order valence-electron chi connectivity index (χ2n) is 7.10. The lowest BCUT2D eigenvalue weighted by Gasteiger charge is -2.25. The molecule has 0 N–H and O–H groups in total. The zero-order valence-electron chi connectivity index (χ0n) is 16.3. The van der Waals surface area contributed by atoms with Crippen molar-refractivity contribution in [1.82, 2.24) is 14.4 Å². The number of aromatic nitrogens is 1. The summed E-state index contributed by atoms with van der Waals surface area (Å²) in [5.74, 6) is -0.622. The maximum atomic E-state index is 12.8. The first-order valence-corrected chi connectivity index (χ1v) is 9.77. The number of hydrogen-bond donors (Lipinski definition) is 0. The molecule has 1 aliphatic heterocycles. The third-order valence-electron chi connectivity index (χ3n) is 5.24. The summed E-state index contributed by atoms with van der Waals surface area (Å²) < 4.78 is 7.08. The first-order chi connectivity index (χ1) is 13.1. The van der Waals surface area contributed by atoms with Crippen LogP contribution in [0.3, 0.4) is 0 Å². The molecule has 1 aliphatic rings. The van der Waals surface area contributed by atoms with E-state index in [0.29, 0.717) is 19.7 Å². The zero-order chi connectivity index (χ0) is 19.2. The Bertz CT molecular complexity index is 793. The first kappa shape index (κ1) is 19.4. The molecule has 6 heteroatoms. The molecular formula is C21H29N3O3. The lowest BCUT2D eigenvalue weighted by molar-refractivity contribution is -0.148. The molecule has 1 amide bonds. The van der Waals surface area contributed by atoms with Gasteiger partial charge in [-0.1, -0.05) is 18.2 Å². The summed E-state index contributed by atoms with van der Waals surface area (Å²) in [5.41, 5.74) is 2.21. The molecule has 0 atom stereocenters. The van der Waals surface area contributed by atoms with Gasteiger partial charge in [0.1, 0.15) is 6.42 Å². The molecule has 2 aromatic rings. The Balaban J connectivity index is 1.73. The molecule has 1 aromatic heterocycles. The monoisotopic (exact) mass is 371 g/mol. The third-order valence-corrected chi connectivity index (χ3v) is 5.24. The number of rotatable bonds is 8. The van der Waals surface area contributed by atoms with E-state index in [0.717, 1.165) is 36.2 Å². The zero-order valence-corrected chi connectivity index (χ0v) is 16.3. The highest BCUT2D eigenvalue weighted by molar-refractivity contribution is 5.94. The van der Waals surface area contributed by atoms with E-state index in [1.807, 2.05) is 19.2 Å². The minimum atomic E-state index is -0.453. The predicted molar refractivity (Wildman–Crippen MR) is 105 cm³/mol. The molecule has 27 heavy (non-hydrogen) atoms. The Morgan fingerprint density at radius 1 is 1.19 bits per heavy atom. The molecule has 0 spiro atoms. The van der Waals surface area contributed by atoms with Crippen LogP contribution in [0.5, 0.6) is 0 Å². The van der Waals surface area contributed by atoms with Crippen LogP contribution in [0.25, 0.3) is 10.9 Å². The number of aryl methyl sites for hydroxylation is 1. The number of amides is 1. The number of hydrogen-bond acceptors (Lipinski definition) is 4. The van der Waals surface area contributed by atoms with Gasteiger partial charge in [-0.3, -0.25) is 9.59 Å². The lowest BCUT2D eigenvalue weighted by Crippen LogP contribution is -2.38. The smallest absolute Gasteiger partial charge is 0.315 e. The van der Waals surface area contributed by atoms with E-state index in [1.54, 1.807) is 11.8 Å². The van der Waals surface area contributed by atoms with E-state index in [2.05, 4.69) is 27.7 Å². The normalized spacial score (nSPS) is 14.6. The topological polar surface area (TPSA) is 54.8 Å². The molecule has 0 aliphatic carbocycles. The highest BCUT2D eigenvalue weighted by atomic mass is 16.5. The summed E-state index contributed by atoms with van der Waals surface area (Å²) in [6, 6.07) is 10.3. The Hall–Kier alpha value is -2.34. The summed E-state index contributed by atoms with van der Waals surface area (Å²) >= 11 is 0. The van der Waals surface area contributed by atoms with Crippen LogP contribution >= 0.6 is 0 Å². The van der Waals surface area contributed by atoms with Gasteiger partial charge in [0.25, 0.3) is 0 Å². The van der Waals surface area contributed by atoms with E-state index < -0.39 is 5.97 Å². The fourth-order valence-electron chi connectivity index (χ4n) is 3.70. The van der Waals surface area contributed by atoms with E-state index in [9.17, 15) is 9.59 Å². The Morgan fingerprint density at radius 3 is 2.63 bits per heavy atom. The molecule has 0 bridgehead atoms. The third kappa shape index (κ3) is 4.89. The van der Waals surface area contributed by atoms with E-state index >= 15 is 0 Å². The van der Waals surface area contributed by atoms with Crippen LogP contribution in [0.1, 0.15) is 31.9 Å². The van der Waals surface area contributed by atoms with Crippen molar-refractivity contribution < 1.29 is 14.3 Å². The molecular weight excluding hydrogens is 342 g/mol. The molecule has 6 nitrogen and oxygen atoms in total. The van der Waals surface area contributed by atoms with Crippen molar-refractivity contribution in [3.05, 3.63) is 36.0 Å². The van der Waals surface area contributed by atoms with Gasteiger partial charge in [-0.05, 0) is 50.4 Å². The number of para-hydroxylation sites is 1. The second-order valence-corrected chi connectivity index (χ2v) is 7.10. The molecule has 2 heterocycles. The maximum absolute atomic E-state index is 12.8. The van der Waals surface area contributed by atoms with Gasteiger partial charge in [-0.25, -0.2) is 0 Å². The average Bonchev–Trinajstić information content (AvgIpc) is 3.27. The van der Waals surface area contributed by atoms with Gasteiger partial charge < -0.3 is 19.1 Å². The Morgan fingerprint density at radius 2 is 1.93 bits per heavy atom. The highest BCUT2D eigenvalue weighted by Crippen LogP contribution is 2.20. The fourth-order valence-corrected chi connectivity index (χ4v) is 3.70. The van der Waals surface area contributed by atoms with Crippen LogP contribution in [0.4, 0.5) is 0 Å². The summed E-state index contributed by atoms with van der Waals surface area (Å²) in [6.45, 7) is 6.20. The van der Waals surface area contributed by atoms with Crippen molar-refractivity contribution >= 4 is 22.8 Å². The van der Waals surface area contributed by atoms with Crippen LogP contribution < -0.4 is 0 Å². The number of carbonyl (C=O) groups is 2. The second kappa shape index (κ2) is 9.04. The summed E-state index contributed by atoms with van der Waals surface area (Å²) in [6.07, 6.45) is 2.25. The summed E-state index contributed by atoms with van der Waals surface area (Å²) in [5, 5.41) is 1.16. The standard InChI is InChI=1S/C21H29N3O3/c1-3-27-21(26)15-20(25)24(13-12-23-10-6-7-11-23)16-18-14-17-8-4-5-9-19(17)22(18)2/h4-5,8-9,14H,3,6-7,10-13,15-16H2,1-2H3. The Labute approximate surface area is 160 Å². The van der Waals surface area contributed by atoms with Crippen molar-refractivity contribution in [2.24, 2.45) is 7.05 Å². The van der Waals surface area contributed by atoms with Gasteiger partial charge in [0.2, 0.25) is 5.91 Å². The average molecular weight is 371 g/mol. The molecule has 3 rings (SSSR count). The van der Waals surface area contributed by atoms with Crippen molar-refractivity contribution in [1.29, 1.82) is 0 Å². The fraction of sp³-hybridized carbons (Fsp3) is 0.524. The van der Waals surface area contributed by atoms with Crippen molar-refractivity contribution in [2.75, 3.05) is 32.8 Å². The number of esters is 1. The largest absolute Gasteiger partial charge is 0.466 e.